The van der Waals surface area contributed by atoms with Crippen molar-refractivity contribution in [2.75, 3.05) is 0 Å². The topological polar surface area (TPSA) is 46.0 Å². The second-order valence-corrected chi connectivity index (χ2v) is 4.47. The summed E-state index contributed by atoms with van der Waals surface area (Å²) in [6.07, 6.45) is 0.684. The summed E-state index contributed by atoms with van der Waals surface area (Å²) in [7, 11) is 0. The van der Waals surface area contributed by atoms with E-state index in [0.717, 1.165) is 11.5 Å². The van der Waals surface area contributed by atoms with E-state index in [9.17, 15) is 5.11 Å². The summed E-state index contributed by atoms with van der Waals surface area (Å²) in [5, 5.41) is 14.4. The molecule has 3 nitrogen and oxygen atoms in total. The first-order valence-corrected chi connectivity index (χ1v) is 5.62. The van der Waals surface area contributed by atoms with E-state index in [1.807, 2.05) is 0 Å². The highest BCUT2D eigenvalue weighted by atomic mass is 35.5. The molecule has 1 N–H and O–H groups in total. The van der Waals surface area contributed by atoms with Crippen molar-refractivity contribution in [3.63, 3.8) is 0 Å². The van der Waals surface area contributed by atoms with E-state index in [1.165, 1.54) is 6.20 Å². The number of benzene rings is 1. The maximum absolute atomic E-state index is 9.97. The zero-order valence-electron chi connectivity index (χ0n) is 7.39. The Hall–Kier alpha value is -0.680. The van der Waals surface area contributed by atoms with Crippen LogP contribution in [0.25, 0.3) is 0 Å². The number of rotatable bonds is 2. The first kappa shape index (κ1) is 10.8. The normalized spacial score (nSPS) is 12.7. The van der Waals surface area contributed by atoms with Crippen LogP contribution in [-0.2, 0) is 0 Å². The van der Waals surface area contributed by atoms with Gasteiger partial charge in [-0.3, -0.25) is 0 Å². The second-order valence-electron chi connectivity index (χ2n) is 2.87. The van der Waals surface area contributed by atoms with Crippen molar-refractivity contribution < 1.29 is 5.11 Å². The van der Waals surface area contributed by atoms with Crippen LogP contribution in [0.15, 0.2) is 24.4 Å². The van der Waals surface area contributed by atoms with Crippen LogP contribution in [0.2, 0.25) is 10.0 Å². The van der Waals surface area contributed by atoms with E-state index < -0.39 is 6.10 Å². The zero-order valence-corrected chi connectivity index (χ0v) is 9.72. The molecule has 0 radical (unpaired) electrons. The summed E-state index contributed by atoms with van der Waals surface area (Å²) in [5.74, 6) is 0. The van der Waals surface area contributed by atoms with Gasteiger partial charge in [-0.05, 0) is 17.6 Å². The molecule has 1 atom stereocenters. The Kier molecular flexibility index (Phi) is 3.21. The average Bonchev–Trinajstić information content (AvgIpc) is 2.74. The molecule has 0 aliphatic rings. The van der Waals surface area contributed by atoms with Gasteiger partial charge in [-0.15, -0.1) is 5.10 Å². The fourth-order valence-electron chi connectivity index (χ4n) is 1.18. The number of aromatic nitrogens is 2. The van der Waals surface area contributed by atoms with Crippen LogP contribution < -0.4 is 0 Å². The summed E-state index contributed by atoms with van der Waals surface area (Å²) in [6.45, 7) is 0. The first-order chi connectivity index (χ1) is 7.20. The van der Waals surface area contributed by atoms with Crippen molar-refractivity contribution >= 4 is 34.7 Å². The van der Waals surface area contributed by atoms with Gasteiger partial charge in [0.05, 0.1) is 21.1 Å². The Morgan fingerprint density at radius 2 is 2.13 bits per heavy atom. The van der Waals surface area contributed by atoms with Crippen LogP contribution in [0.3, 0.4) is 0 Å². The minimum atomic E-state index is -0.823. The van der Waals surface area contributed by atoms with Crippen LogP contribution in [0.4, 0.5) is 0 Å². The fraction of sp³-hybridized carbons (Fsp3) is 0.111. The summed E-state index contributed by atoms with van der Waals surface area (Å²) in [4.78, 5) is 0.638. The summed E-state index contributed by atoms with van der Waals surface area (Å²) in [5.41, 5.74) is 0.565. The largest absolute Gasteiger partial charge is 0.383 e. The predicted molar refractivity (Wildman–Crippen MR) is 60.4 cm³/mol. The molecule has 0 aliphatic heterocycles. The molecular weight excluding hydrogens is 255 g/mol. The first-order valence-electron chi connectivity index (χ1n) is 4.09. The molecular formula is C9H6Cl2N2OS. The summed E-state index contributed by atoms with van der Waals surface area (Å²) < 4.78 is 3.68. The standard InChI is InChI=1S/C9H6Cl2N2OS/c10-6-3-1-2-5(8(6)11)9(14)7-4-12-13-15-7/h1-4,9,14H. The van der Waals surface area contributed by atoms with Gasteiger partial charge in [0.2, 0.25) is 0 Å². The predicted octanol–water partition coefficient (Wildman–Crippen LogP) is 2.93. The van der Waals surface area contributed by atoms with Crippen molar-refractivity contribution in [3.8, 4) is 0 Å². The van der Waals surface area contributed by atoms with E-state index in [4.69, 9.17) is 23.2 Å². The summed E-state index contributed by atoms with van der Waals surface area (Å²) in [6, 6.07) is 5.13. The number of nitrogens with zero attached hydrogens (tertiary/aromatic N) is 2. The third kappa shape index (κ3) is 2.13. The highest BCUT2D eigenvalue weighted by molar-refractivity contribution is 7.05. The van der Waals surface area contributed by atoms with Gasteiger partial charge in [-0.25, -0.2) is 0 Å². The molecule has 6 heteroatoms. The van der Waals surface area contributed by atoms with E-state index in [1.54, 1.807) is 18.2 Å². The van der Waals surface area contributed by atoms with Crippen LogP contribution in [0.5, 0.6) is 0 Å². The quantitative estimate of drug-likeness (QED) is 0.904. The fourth-order valence-corrected chi connectivity index (χ4v) is 2.10. The van der Waals surface area contributed by atoms with Gasteiger partial charge in [0, 0.05) is 5.56 Å². The van der Waals surface area contributed by atoms with Gasteiger partial charge in [-0.2, -0.15) is 0 Å². The van der Waals surface area contributed by atoms with Crippen LogP contribution in [0.1, 0.15) is 16.5 Å². The Morgan fingerprint density at radius 1 is 1.33 bits per heavy atom. The second kappa shape index (κ2) is 4.45. The van der Waals surface area contributed by atoms with Crippen molar-refractivity contribution in [2.45, 2.75) is 6.10 Å². The van der Waals surface area contributed by atoms with Gasteiger partial charge >= 0.3 is 0 Å². The highest BCUT2D eigenvalue weighted by Gasteiger charge is 2.17. The molecule has 0 amide bonds. The average molecular weight is 261 g/mol. The Balaban J connectivity index is 2.42. The van der Waals surface area contributed by atoms with E-state index in [2.05, 4.69) is 9.59 Å². The van der Waals surface area contributed by atoms with Gasteiger partial charge in [-0.1, -0.05) is 39.8 Å². The molecule has 0 saturated carbocycles. The number of aliphatic hydroxyl groups excluding tert-OH is 1. The molecule has 1 heterocycles. The molecule has 1 unspecified atom stereocenters. The van der Waals surface area contributed by atoms with Crippen molar-refractivity contribution in [2.24, 2.45) is 0 Å². The van der Waals surface area contributed by atoms with Crippen molar-refractivity contribution in [3.05, 3.63) is 44.9 Å². The smallest absolute Gasteiger partial charge is 0.118 e. The molecule has 0 aliphatic carbocycles. The monoisotopic (exact) mass is 260 g/mol. The SMILES string of the molecule is OC(c1cnns1)c1cccc(Cl)c1Cl. The van der Waals surface area contributed by atoms with E-state index >= 15 is 0 Å². The number of halogens is 2. The van der Waals surface area contributed by atoms with E-state index in [-0.39, 0.29) is 0 Å². The molecule has 1 aromatic carbocycles. The lowest BCUT2D eigenvalue weighted by molar-refractivity contribution is 0.224. The zero-order chi connectivity index (χ0) is 10.8. The minimum absolute atomic E-state index is 0.361. The number of hydrogen-bond donors (Lipinski definition) is 1. The molecule has 2 rings (SSSR count). The molecule has 78 valence electrons. The molecule has 0 bridgehead atoms. The van der Waals surface area contributed by atoms with Gasteiger partial charge in [0.25, 0.3) is 0 Å². The lowest BCUT2D eigenvalue weighted by Crippen LogP contribution is -1.98. The van der Waals surface area contributed by atoms with Gasteiger partial charge < -0.3 is 5.11 Å². The number of aliphatic hydroxyl groups is 1. The highest BCUT2D eigenvalue weighted by Crippen LogP contribution is 2.33. The summed E-state index contributed by atoms with van der Waals surface area (Å²) >= 11 is 13.0. The van der Waals surface area contributed by atoms with Gasteiger partial charge in [0.15, 0.2) is 0 Å². The minimum Gasteiger partial charge on any atom is -0.383 e. The third-order valence-electron chi connectivity index (χ3n) is 1.92. The van der Waals surface area contributed by atoms with Gasteiger partial charge in [0.1, 0.15) is 6.10 Å². The molecule has 0 spiro atoms. The maximum atomic E-state index is 9.97. The maximum Gasteiger partial charge on any atom is 0.118 e. The molecule has 2 aromatic rings. The third-order valence-corrected chi connectivity index (χ3v) is 3.47. The molecule has 0 fully saturated rings. The van der Waals surface area contributed by atoms with E-state index in [0.29, 0.717) is 20.5 Å². The lowest BCUT2D eigenvalue weighted by Gasteiger charge is -2.10. The van der Waals surface area contributed by atoms with Crippen LogP contribution >= 0.6 is 34.7 Å². The number of hydrogen-bond acceptors (Lipinski definition) is 4. The molecule has 15 heavy (non-hydrogen) atoms. The van der Waals surface area contributed by atoms with Crippen molar-refractivity contribution in [1.29, 1.82) is 0 Å². The Morgan fingerprint density at radius 3 is 2.80 bits per heavy atom. The Bertz CT molecular complexity index is 461. The van der Waals surface area contributed by atoms with Crippen LogP contribution in [0, 0.1) is 0 Å². The lowest BCUT2D eigenvalue weighted by atomic mass is 10.1. The van der Waals surface area contributed by atoms with Crippen molar-refractivity contribution in [1.82, 2.24) is 9.59 Å². The molecule has 0 saturated heterocycles. The Labute approximate surface area is 100 Å². The molecule has 1 aromatic heterocycles. The van der Waals surface area contributed by atoms with Crippen LogP contribution in [-0.4, -0.2) is 14.7 Å².